The zero-order chi connectivity index (χ0) is 15.8. The highest BCUT2D eigenvalue weighted by Crippen LogP contribution is 2.34. The minimum atomic E-state index is -4.51. The minimum Gasteiger partial charge on any atom is -0.481 e. The number of carbonyl (C=O) groups excluding carboxylic acids is 1. The normalized spacial score (nSPS) is 15.5. The Kier molecular flexibility index (Phi) is 4.13. The third-order valence-electron chi connectivity index (χ3n) is 3.05. The van der Waals surface area contributed by atoms with Crippen molar-refractivity contribution in [3.8, 4) is 0 Å². The van der Waals surface area contributed by atoms with Crippen molar-refractivity contribution in [1.82, 2.24) is 4.90 Å². The lowest BCUT2D eigenvalue weighted by atomic mass is 10.0. The molecule has 0 aliphatic carbocycles. The Morgan fingerprint density at radius 3 is 2.48 bits per heavy atom. The Labute approximate surface area is 125 Å². The van der Waals surface area contributed by atoms with Gasteiger partial charge in [0, 0.05) is 17.6 Å². The second-order valence-electron chi connectivity index (χ2n) is 4.56. The van der Waals surface area contributed by atoms with Crippen molar-refractivity contribution in [3.63, 3.8) is 0 Å². The highest BCUT2D eigenvalue weighted by atomic mass is 79.9. The molecule has 0 unspecified atom stereocenters. The summed E-state index contributed by atoms with van der Waals surface area (Å²) >= 11 is 3.06. The number of carboxylic acids is 1. The van der Waals surface area contributed by atoms with Gasteiger partial charge in [-0.3, -0.25) is 4.79 Å². The van der Waals surface area contributed by atoms with Crippen LogP contribution in [0.25, 0.3) is 0 Å². The number of nitrogens with one attached hydrogen (secondary N) is 1. The highest BCUT2D eigenvalue weighted by Gasteiger charge is 2.36. The van der Waals surface area contributed by atoms with Gasteiger partial charge >= 0.3 is 18.2 Å². The average molecular weight is 367 g/mol. The molecular formula is C12H10BrF3N2O3. The van der Waals surface area contributed by atoms with E-state index in [0.717, 1.165) is 12.1 Å². The molecule has 0 atom stereocenters. The minimum absolute atomic E-state index is 0.0198. The van der Waals surface area contributed by atoms with Gasteiger partial charge in [0.1, 0.15) is 0 Å². The lowest BCUT2D eigenvalue weighted by molar-refractivity contribution is -0.146. The third-order valence-corrected chi connectivity index (χ3v) is 3.74. The van der Waals surface area contributed by atoms with E-state index in [9.17, 15) is 22.8 Å². The summed E-state index contributed by atoms with van der Waals surface area (Å²) in [5.74, 6) is -1.63. The number of nitrogens with zero attached hydrogens (tertiary/aromatic N) is 1. The van der Waals surface area contributed by atoms with Crippen LogP contribution in [-0.2, 0) is 11.0 Å². The molecule has 1 aliphatic rings. The summed E-state index contributed by atoms with van der Waals surface area (Å²) in [6, 6.07) is 2.27. The number of carbonyl (C=O) groups is 2. The van der Waals surface area contributed by atoms with Crippen molar-refractivity contribution in [3.05, 3.63) is 28.2 Å². The second kappa shape index (κ2) is 5.55. The number of hydrogen-bond acceptors (Lipinski definition) is 2. The largest absolute Gasteiger partial charge is 0.481 e. The van der Waals surface area contributed by atoms with E-state index in [-0.39, 0.29) is 18.8 Å². The molecule has 114 valence electrons. The predicted octanol–water partition coefficient (Wildman–Crippen LogP) is 3.02. The predicted molar refractivity (Wildman–Crippen MR) is 70.9 cm³/mol. The number of carboxylic acid groups (broad SMARTS) is 1. The van der Waals surface area contributed by atoms with E-state index >= 15 is 0 Å². The van der Waals surface area contributed by atoms with Crippen molar-refractivity contribution in [2.75, 3.05) is 18.4 Å². The molecule has 1 heterocycles. The number of likely N-dealkylation sites (tertiary alicyclic amines) is 1. The van der Waals surface area contributed by atoms with Crippen LogP contribution in [0.4, 0.5) is 23.7 Å². The fourth-order valence-corrected chi connectivity index (χ4v) is 2.14. The monoisotopic (exact) mass is 366 g/mol. The molecule has 1 aromatic rings. The van der Waals surface area contributed by atoms with Gasteiger partial charge in [-0.1, -0.05) is 0 Å². The maximum absolute atomic E-state index is 12.6. The topological polar surface area (TPSA) is 69.6 Å². The van der Waals surface area contributed by atoms with Gasteiger partial charge in [0.2, 0.25) is 0 Å². The van der Waals surface area contributed by atoms with Crippen LogP contribution in [0, 0.1) is 5.92 Å². The van der Waals surface area contributed by atoms with E-state index in [1.54, 1.807) is 0 Å². The summed E-state index contributed by atoms with van der Waals surface area (Å²) in [4.78, 5) is 23.6. The van der Waals surface area contributed by atoms with E-state index in [2.05, 4.69) is 21.2 Å². The quantitative estimate of drug-likeness (QED) is 0.845. The maximum Gasteiger partial charge on any atom is 0.416 e. The molecule has 1 aromatic carbocycles. The van der Waals surface area contributed by atoms with Crippen LogP contribution in [0.3, 0.4) is 0 Å². The molecule has 1 saturated heterocycles. The number of halogens is 4. The van der Waals surface area contributed by atoms with Crippen LogP contribution in [0.5, 0.6) is 0 Å². The Balaban J connectivity index is 2.06. The molecule has 2 amide bonds. The molecule has 2 N–H and O–H groups in total. The first-order valence-electron chi connectivity index (χ1n) is 5.84. The van der Waals surface area contributed by atoms with E-state index in [1.807, 2.05) is 0 Å². The molecule has 9 heteroatoms. The van der Waals surface area contributed by atoms with E-state index in [0.29, 0.717) is 4.47 Å². The fraction of sp³-hybridized carbons (Fsp3) is 0.333. The van der Waals surface area contributed by atoms with Crippen LogP contribution in [0.2, 0.25) is 0 Å². The summed E-state index contributed by atoms with van der Waals surface area (Å²) in [7, 11) is 0. The summed E-state index contributed by atoms with van der Waals surface area (Å²) in [6.45, 7) is 0.0789. The maximum atomic E-state index is 12.6. The van der Waals surface area contributed by atoms with Crippen molar-refractivity contribution < 1.29 is 27.9 Å². The molecule has 0 bridgehead atoms. The second-order valence-corrected chi connectivity index (χ2v) is 5.42. The number of hydrogen-bond donors (Lipinski definition) is 2. The van der Waals surface area contributed by atoms with Gasteiger partial charge in [-0.05, 0) is 34.1 Å². The zero-order valence-electron chi connectivity index (χ0n) is 10.4. The number of urea groups is 1. The van der Waals surface area contributed by atoms with Gasteiger partial charge in [0.15, 0.2) is 0 Å². The Morgan fingerprint density at radius 2 is 1.95 bits per heavy atom. The molecule has 0 radical (unpaired) electrons. The van der Waals surface area contributed by atoms with Gasteiger partial charge in [-0.2, -0.15) is 13.2 Å². The zero-order valence-corrected chi connectivity index (χ0v) is 12.0. The van der Waals surface area contributed by atoms with Gasteiger partial charge in [-0.25, -0.2) is 4.79 Å². The van der Waals surface area contributed by atoms with Crippen molar-refractivity contribution in [2.45, 2.75) is 6.18 Å². The summed E-state index contributed by atoms with van der Waals surface area (Å²) in [5, 5.41) is 11.0. The summed E-state index contributed by atoms with van der Waals surface area (Å²) < 4.78 is 38.1. The lowest BCUT2D eigenvalue weighted by Gasteiger charge is -2.36. The lowest BCUT2D eigenvalue weighted by Crippen LogP contribution is -2.54. The highest BCUT2D eigenvalue weighted by molar-refractivity contribution is 9.10. The average Bonchev–Trinajstić information content (AvgIpc) is 2.27. The van der Waals surface area contributed by atoms with E-state index in [1.165, 1.54) is 11.0 Å². The van der Waals surface area contributed by atoms with Crippen molar-refractivity contribution in [2.24, 2.45) is 5.92 Å². The molecule has 0 saturated carbocycles. The fourth-order valence-electron chi connectivity index (χ4n) is 1.79. The number of rotatable bonds is 2. The summed E-state index contributed by atoms with van der Waals surface area (Å²) in [6.07, 6.45) is -4.51. The van der Waals surface area contributed by atoms with Crippen LogP contribution in [0.15, 0.2) is 22.7 Å². The summed E-state index contributed by atoms with van der Waals surface area (Å²) in [5.41, 5.74) is -0.901. The molecular weight excluding hydrogens is 357 g/mol. The van der Waals surface area contributed by atoms with Crippen molar-refractivity contribution in [1.29, 1.82) is 0 Å². The molecule has 2 rings (SSSR count). The molecule has 1 aliphatic heterocycles. The molecule has 1 fully saturated rings. The molecule has 21 heavy (non-hydrogen) atoms. The van der Waals surface area contributed by atoms with Crippen LogP contribution in [0.1, 0.15) is 5.56 Å². The number of anilines is 1. The Bertz CT molecular complexity index is 586. The van der Waals surface area contributed by atoms with Crippen LogP contribution in [-0.4, -0.2) is 35.1 Å². The first-order chi connectivity index (χ1) is 9.68. The van der Waals surface area contributed by atoms with Crippen molar-refractivity contribution >= 4 is 33.6 Å². The molecule has 0 aromatic heterocycles. The number of alkyl halides is 3. The SMILES string of the molecule is O=C(O)C1CN(C(=O)Nc2cc(C(F)(F)F)ccc2Br)C1. The van der Waals surface area contributed by atoms with Gasteiger partial charge < -0.3 is 15.3 Å². The number of aliphatic carboxylic acids is 1. The molecule has 0 spiro atoms. The van der Waals surface area contributed by atoms with Crippen LogP contribution >= 0.6 is 15.9 Å². The first kappa shape index (κ1) is 15.6. The van der Waals surface area contributed by atoms with Gasteiger partial charge in [-0.15, -0.1) is 0 Å². The number of benzene rings is 1. The smallest absolute Gasteiger partial charge is 0.416 e. The van der Waals surface area contributed by atoms with E-state index < -0.39 is 29.7 Å². The van der Waals surface area contributed by atoms with Crippen LogP contribution < -0.4 is 5.32 Å². The van der Waals surface area contributed by atoms with Gasteiger partial charge in [0.05, 0.1) is 17.2 Å². The van der Waals surface area contributed by atoms with Gasteiger partial charge in [0.25, 0.3) is 0 Å². The third kappa shape index (κ3) is 3.46. The van der Waals surface area contributed by atoms with E-state index in [4.69, 9.17) is 5.11 Å². The standard InChI is InChI=1S/C12H10BrF3N2O3/c13-8-2-1-7(12(14,15)16)3-9(8)17-11(21)18-4-6(5-18)10(19)20/h1-3,6H,4-5H2,(H,17,21)(H,19,20). The first-order valence-corrected chi connectivity index (χ1v) is 6.63. The number of amides is 2. The Morgan fingerprint density at radius 1 is 1.33 bits per heavy atom. The Hall–Kier alpha value is -1.77. The molecule has 5 nitrogen and oxygen atoms in total.